The number of aliphatic carboxylic acids is 1. The number of carboxylic acid groups (broad SMARTS) is 1. The molecule has 1 unspecified atom stereocenters. The van der Waals surface area contributed by atoms with Gasteiger partial charge in [-0.2, -0.15) is 0 Å². The average molecular weight is 490 g/mol. The molecule has 5 heteroatoms. The van der Waals surface area contributed by atoms with Crippen LogP contribution in [0.3, 0.4) is 0 Å². The highest BCUT2D eigenvalue weighted by Gasteiger charge is 2.23. The smallest absolute Gasteiger partial charge is 0.306 e. The van der Waals surface area contributed by atoms with Crippen molar-refractivity contribution in [3.63, 3.8) is 0 Å². The Balaban J connectivity index is 1.50. The van der Waals surface area contributed by atoms with Gasteiger partial charge in [-0.15, -0.1) is 22.7 Å². The normalized spacial score (nSPS) is 12.4. The number of rotatable bonds is 11. The molecule has 2 heterocycles. The lowest BCUT2D eigenvalue weighted by Gasteiger charge is -2.24. The molecule has 4 rings (SSSR count). The number of benzene rings is 2. The van der Waals surface area contributed by atoms with Gasteiger partial charge in [0, 0.05) is 32.6 Å². The maximum absolute atomic E-state index is 11.8. The third-order valence-electron chi connectivity index (χ3n) is 6.08. The van der Waals surface area contributed by atoms with E-state index in [0.717, 1.165) is 19.6 Å². The minimum absolute atomic E-state index is 0.122. The summed E-state index contributed by atoms with van der Waals surface area (Å²) >= 11 is 3.64. The molecule has 0 aliphatic carbocycles. The zero-order chi connectivity index (χ0) is 23.9. The molecule has 0 fully saturated rings. The maximum Gasteiger partial charge on any atom is 0.306 e. The van der Waals surface area contributed by atoms with Crippen LogP contribution in [0.4, 0.5) is 0 Å². The number of carboxylic acids is 1. The zero-order valence-corrected chi connectivity index (χ0v) is 21.3. The molecular weight excluding hydrogens is 458 g/mol. The summed E-state index contributed by atoms with van der Waals surface area (Å²) in [6.07, 6.45) is 0.654. The van der Waals surface area contributed by atoms with Crippen molar-refractivity contribution in [2.24, 2.45) is 11.8 Å². The fourth-order valence-corrected chi connectivity index (χ4v) is 6.27. The van der Waals surface area contributed by atoms with Crippen LogP contribution in [-0.2, 0) is 17.9 Å². The quantitative estimate of drug-likeness (QED) is 0.233. The third-order valence-corrected chi connectivity index (χ3v) is 8.32. The van der Waals surface area contributed by atoms with E-state index in [0.29, 0.717) is 6.42 Å². The number of nitrogens with zero attached hydrogens (tertiary/aromatic N) is 1. The second-order valence-corrected chi connectivity index (χ2v) is 11.3. The summed E-state index contributed by atoms with van der Waals surface area (Å²) < 4.78 is 0. The van der Waals surface area contributed by atoms with Gasteiger partial charge in [-0.1, -0.05) is 74.5 Å². The molecule has 1 atom stereocenters. The van der Waals surface area contributed by atoms with Crippen molar-refractivity contribution >= 4 is 28.6 Å². The van der Waals surface area contributed by atoms with Crippen LogP contribution in [0.1, 0.15) is 30.0 Å². The van der Waals surface area contributed by atoms with E-state index < -0.39 is 5.97 Å². The topological polar surface area (TPSA) is 40.5 Å². The largest absolute Gasteiger partial charge is 0.481 e. The average Bonchev–Trinajstić information content (AvgIpc) is 3.50. The van der Waals surface area contributed by atoms with Crippen molar-refractivity contribution in [1.82, 2.24) is 4.90 Å². The molecule has 0 aliphatic rings. The van der Waals surface area contributed by atoms with Gasteiger partial charge in [0.2, 0.25) is 0 Å². The fourth-order valence-electron chi connectivity index (χ4n) is 4.16. The maximum atomic E-state index is 11.8. The van der Waals surface area contributed by atoms with E-state index in [1.807, 2.05) is 48.7 Å². The lowest BCUT2D eigenvalue weighted by molar-refractivity contribution is -0.143. The molecular formula is C29H31NO2S2. The third kappa shape index (κ3) is 6.44. The van der Waals surface area contributed by atoms with Crippen molar-refractivity contribution in [1.29, 1.82) is 0 Å². The minimum atomic E-state index is -0.695. The highest BCUT2D eigenvalue weighted by molar-refractivity contribution is 7.15. The van der Waals surface area contributed by atoms with Crippen LogP contribution in [-0.4, -0.2) is 22.5 Å². The van der Waals surface area contributed by atoms with Crippen LogP contribution in [0.25, 0.3) is 20.9 Å². The molecule has 0 radical (unpaired) electrons. The van der Waals surface area contributed by atoms with Gasteiger partial charge >= 0.3 is 5.97 Å². The van der Waals surface area contributed by atoms with Crippen LogP contribution in [0.2, 0.25) is 0 Å². The number of carbonyl (C=O) groups is 1. The summed E-state index contributed by atoms with van der Waals surface area (Å²) in [5.41, 5.74) is 2.48. The Morgan fingerprint density at radius 1 is 0.765 bits per heavy atom. The van der Waals surface area contributed by atoms with Gasteiger partial charge in [0.05, 0.1) is 5.92 Å². The van der Waals surface area contributed by atoms with Gasteiger partial charge in [-0.05, 0) is 54.3 Å². The van der Waals surface area contributed by atoms with Gasteiger partial charge in [0.25, 0.3) is 0 Å². The van der Waals surface area contributed by atoms with Crippen molar-refractivity contribution in [2.75, 3.05) is 6.54 Å². The Morgan fingerprint density at radius 2 is 1.24 bits per heavy atom. The molecule has 0 spiro atoms. The molecule has 176 valence electrons. The number of thiophene rings is 2. The van der Waals surface area contributed by atoms with Gasteiger partial charge in [-0.25, -0.2) is 0 Å². The Morgan fingerprint density at radius 3 is 1.65 bits per heavy atom. The molecule has 2 aromatic heterocycles. The molecule has 0 amide bonds. The van der Waals surface area contributed by atoms with Gasteiger partial charge in [-0.3, -0.25) is 9.69 Å². The molecule has 3 nitrogen and oxygen atoms in total. The second-order valence-electron chi connectivity index (χ2n) is 8.95. The van der Waals surface area contributed by atoms with Crippen LogP contribution < -0.4 is 0 Å². The predicted octanol–water partition coefficient (Wildman–Crippen LogP) is 7.89. The van der Waals surface area contributed by atoms with E-state index in [2.05, 4.69) is 77.7 Å². The molecule has 0 aliphatic heterocycles. The summed E-state index contributed by atoms with van der Waals surface area (Å²) in [5.74, 6) is -0.897. The molecule has 0 saturated heterocycles. The van der Waals surface area contributed by atoms with Crippen molar-refractivity contribution in [3.05, 3.63) is 94.7 Å². The van der Waals surface area contributed by atoms with Gasteiger partial charge in [0.1, 0.15) is 0 Å². The molecule has 1 N–H and O–H groups in total. The van der Waals surface area contributed by atoms with E-state index >= 15 is 0 Å². The highest BCUT2D eigenvalue weighted by Crippen LogP contribution is 2.31. The first-order chi connectivity index (χ1) is 16.5. The van der Waals surface area contributed by atoms with Crippen molar-refractivity contribution in [2.45, 2.75) is 33.4 Å². The molecule has 0 saturated carbocycles. The fraction of sp³-hybridized carbons (Fsp3) is 0.276. The van der Waals surface area contributed by atoms with E-state index in [-0.39, 0.29) is 11.8 Å². The summed E-state index contributed by atoms with van der Waals surface area (Å²) in [6, 6.07) is 29.7. The van der Waals surface area contributed by atoms with Gasteiger partial charge < -0.3 is 5.11 Å². The molecule has 0 bridgehead atoms. The Kier molecular flexibility index (Phi) is 8.33. The summed E-state index contributed by atoms with van der Waals surface area (Å²) in [5, 5.41) is 9.68. The standard InChI is InChI=1S/C29H31NO2S2/c1-21(2)26(29(31)32)17-18-30(19-24-13-15-27(33-24)22-9-5-3-6-10-22)20-25-14-16-28(34-25)23-11-7-4-8-12-23/h3-16,21,26H,17-20H2,1-2H3,(H,31,32). The Labute approximate surface area is 210 Å². The molecule has 2 aromatic carbocycles. The van der Waals surface area contributed by atoms with Crippen LogP contribution in [0.5, 0.6) is 0 Å². The van der Waals surface area contributed by atoms with Crippen LogP contribution >= 0.6 is 22.7 Å². The lowest BCUT2D eigenvalue weighted by atomic mass is 9.92. The first-order valence-electron chi connectivity index (χ1n) is 11.7. The first-order valence-corrected chi connectivity index (χ1v) is 13.4. The highest BCUT2D eigenvalue weighted by atomic mass is 32.1. The predicted molar refractivity (Wildman–Crippen MR) is 144 cm³/mol. The first kappa shape index (κ1) is 24.4. The van der Waals surface area contributed by atoms with Crippen LogP contribution in [0.15, 0.2) is 84.9 Å². The summed E-state index contributed by atoms with van der Waals surface area (Å²) in [7, 11) is 0. The number of hydrogen-bond donors (Lipinski definition) is 1. The molecule has 34 heavy (non-hydrogen) atoms. The lowest BCUT2D eigenvalue weighted by Crippen LogP contribution is -2.29. The summed E-state index contributed by atoms with van der Waals surface area (Å²) in [4.78, 5) is 19.3. The second kappa shape index (κ2) is 11.6. The monoisotopic (exact) mass is 489 g/mol. The van der Waals surface area contributed by atoms with Crippen LogP contribution in [0, 0.1) is 11.8 Å². The van der Waals surface area contributed by atoms with Crippen molar-refractivity contribution < 1.29 is 9.90 Å². The van der Waals surface area contributed by atoms with E-state index in [1.165, 1.54) is 30.6 Å². The van der Waals surface area contributed by atoms with Crippen molar-refractivity contribution in [3.8, 4) is 20.9 Å². The SMILES string of the molecule is CC(C)C(CCN(Cc1ccc(-c2ccccc2)s1)Cc1ccc(-c2ccccc2)s1)C(=O)O. The minimum Gasteiger partial charge on any atom is -0.481 e. The number of hydrogen-bond acceptors (Lipinski definition) is 4. The van der Waals surface area contributed by atoms with Gasteiger partial charge in [0.15, 0.2) is 0 Å². The Hall–Kier alpha value is -2.73. The van der Waals surface area contributed by atoms with E-state index in [9.17, 15) is 9.90 Å². The summed E-state index contributed by atoms with van der Waals surface area (Å²) in [6.45, 7) is 6.40. The molecule has 4 aromatic rings. The van der Waals surface area contributed by atoms with E-state index in [1.54, 1.807) is 0 Å². The zero-order valence-electron chi connectivity index (χ0n) is 19.7. The Bertz CT molecular complexity index is 1100. The van der Waals surface area contributed by atoms with E-state index in [4.69, 9.17) is 0 Å².